The van der Waals surface area contributed by atoms with E-state index in [9.17, 15) is 32.4 Å². The lowest BCUT2D eigenvalue weighted by atomic mass is 9.85. The summed E-state index contributed by atoms with van der Waals surface area (Å²) in [6.07, 6.45) is 0.703. The Morgan fingerprint density at radius 3 is 2.22 bits per heavy atom. The number of hydrogen-bond acceptors (Lipinski definition) is 9. The zero-order chi connectivity index (χ0) is 36.8. The van der Waals surface area contributed by atoms with Gasteiger partial charge in [0.2, 0.25) is 21.8 Å². The molecule has 3 saturated carbocycles. The highest BCUT2D eigenvalue weighted by molar-refractivity contribution is 7.91. The Kier molecular flexibility index (Phi) is 10.0. The molecule has 1 saturated heterocycles. The fourth-order valence-corrected chi connectivity index (χ4v) is 7.76. The van der Waals surface area contributed by atoms with Crippen LogP contribution in [-0.2, 0) is 33.9 Å². The van der Waals surface area contributed by atoms with Crippen molar-refractivity contribution in [3.05, 3.63) is 48.6 Å². The quantitative estimate of drug-likeness (QED) is 0.250. The van der Waals surface area contributed by atoms with Crippen molar-refractivity contribution in [2.24, 2.45) is 11.3 Å². The first-order valence-corrected chi connectivity index (χ1v) is 18.6. The van der Waals surface area contributed by atoms with Crippen molar-refractivity contribution in [3.8, 4) is 0 Å². The lowest BCUT2D eigenvalue weighted by Gasteiger charge is -2.36. The van der Waals surface area contributed by atoms with E-state index in [1.54, 1.807) is 41.5 Å². The number of sulfonamides is 1. The summed E-state index contributed by atoms with van der Waals surface area (Å²) in [5.74, 6) is -2.62. The fourth-order valence-electron chi connectivity index (χ4n) is 6.39. The van der Waals surface area contributed by atoms with Crippen LogP contribution in [0.15, 0.2) is 43.0 Å². The van der Waals surface area contributed by atoms with Crippen LogP contribution in [0.4, 0.5) is 9.59 Å². The van der Waals surface area contributed by atoms with Crippen LogP contribution in [0.2, 0.25) is 0 Å². The molecule has 1 aromatic carbocycles. The van der Waals surface area contributed by atoms with E-state index >= 15 is 0 Å². The van der Waals surface area contributed by atoms with Crippen LogP contribution < -0.4 is 20.7 Å². The molecule has 4 aliphatic rings. The molecule has 0 radical (unpaired) electrons. The molecule has 1 aromatic rings. The predicted octanol–water partition coefficient (Wildman–Crippen LogP) is 2.85. The first-order valence-electron chi connectivity index (χ1n) is 17.1. The van der Waals surface area contributed by atoms with Gasteiger partial charge in [0.25, 0.3) is 5.91 Å². The second-order valence-corrected chi connectivity index (χ2v) is 17.9. The molecule has 5 amide bonds. The molecule has 7 unspecified atom stereocenters. The number of likely N-dealkylation sites (tertiary alicyclic amines) is 1. The van der Waals surface area contributed by atoms with Crippen LogP contribution in [0.1, 0.15) is 85.1 Å². The molecule has 1 heterocycles. The molecule has 3 aliphatic carbocycles. The molecular weight excluding hydrogens is 666 g/mol. The van der Waals surface area contributed by atoms with Gasteiger partial charge >= 0.3 is 12.2 Å². The molecule has 14 nitrogen and oxygen atoms in total. The first kappa shape index (κ1) is 37.1. The summed E-state index contributed by atoms with van der Waals surface area (Å²) in [6.45, 7) is 13.9. The van der Waals surface area contributed by atoms with Crippen molar-refractivity contribution >= 4 is 39.9 Å². The van der Waals surface area contributed by atoms with E-state index in [1.165, 1.54) is 11.0 Å². The highest BCUT2D eigenvalue weighted by Gasteiger charge is 2.62. The van der Waals surface area contributed by atoms with Crippen molar-refractivity contribution in [2.75, 3.05) is 6.54 Å². The minimum absolute atomic E-state index is 0.0993. The number of nitrogens with one attached hydrogen (secondary N) is 4. The molecule has 1 aliphatic heterocycles. The van der Waals surface area contributed by atoms with Crippen LogP contribution in [-0.4, -0.2) is 90.4 Å². The van der Waals surface area contributed by atoms with Crippen LogP contribution in [0, 0.1) is 11.3 Å². The molecule has 4 fully saturated rings. The van der Waals surface area contributed by atoms with Gasteiger partial charge in [-0.05, 0) is 57.4 Å². The van der Waals surface area contributed by atoms with Crippen molar-refractivity contribution in [1.82, 2.24) is 25.6 Å². The van der Waals surface area contributed by atoms with E-state index in [4.69, 9.17) is 9.47 Å². The molecule has 5 rings (SSSR count). The van der Waals surface area contributed by atoms with Gasteiger partial charge in [0.1, 0.15) is 29.3 Å². The van der Waals surface area contributed by atoms with Crippen molar-refractivity contribution in [2.45, 2.75) is 120 Å². The summed E-state index contributed by atoms with van der Waals surface area (Å²) in [4.78, 5) is 68.8. The summed E-state index contributed by atoms with van der Waals surface area (Å²) in [5, 5.41) is 7.58. The zero-order valence-corrected chi connectivity index (χ0v) is 30.3. The minimum Gasteiger partial charge on any atom is -0.444 e. The van der Waals surface area contributed by atoms with Gasteiger partial charge < -0.3 is 30.3 Å². The topological polar surface area (TPSA) is 189 Å². The Morgan fingerprint density at radius 1 is 1.00 bits per heavy atom. The summed E-state index contributed by atoms with van der Waals surface area (Å²) < 4.78 is 38.5. The van der Waals surface area contributed by atoms with E-state index in [0.29, 0.717) is 12.8 Å². The maximum atomic E-state index is 14.3. The first-order chi connectivity index (χ1) is 23.2. The largest absolute Gasteiger partial charge is 0.444 e. The summed E-state index contributed by atoms with van der Waals surface area (Å²) in [6, 6.07) is 7.26. The molecule has 7 atom stereocenters. The molecular formula is C35H49N5O9S. The number of ether oxygens (including phenoxy) is 2. The Bertz CT molecular complexity index is 1630. The average molecular weight is 716 g/mol. The van der Waals surface area contributed by atoms with Crippen molar-refractivity contribution in [1.29, 1.82) is 0 Å². The van der Waals surface area contributed by atoms with E-state index in [1.807, 2.05) is 30.3 Å². The number of alkyl carbamates (subject to hydrolysis) is 2. The van der Waals surface area contributed by atoms with Gasteiger partial charge in [0, 0.05) is 24.3 Å². The number of hydrogen-bond donors (Lipinski definition) is 4. The lowest BCUT2D eigenvalue weighted by molar-refractivity contribution is -0.143. The predicted molar refractivity (Wildman–Crippen MR) is 183 cm³/mol. The second kappa shape index (κ2) is 13.5. The van der Waals surface area contributed by atoms with Crippen LogP contribution in [0.5, 0.6) is 0 Å². The molecule has 4 N–H and O–H groups in total. The van der Waals surface area contributed by atoms with Gasteiger partial charge in [-0.1, -0.05) is 57.2 Å². The van der Waals surface area contributed by atoms with Gasteiger partial charge in [0.15, 0.2) is 0 Å². The summed E-state index contributed by atoms with van der Waals surface area (Å²) in [5.41, 5.74) is -2.17. The molecule has 0 aromatic heterocycles. The Morgan fingerprint density at radius 2 is 1.66 bits per heavy atom. The second-order valence-electron chi connectivity index (χ2n) is 15.9. The summed E-state index contributed by atoms with van der Waals surface area (Å²) >= 11 is 0. The van der Waals surface area contributed by atoms with Crippen LogP contribution in [0.3, 0.4) is 0 Å². The van der Waals surface area contributed by atoms with Gasteiger partial charge in [-0.25, -0.2) is 18.0 Å². The average Bonchev–Trinajstić information content (AvgIpc) is 3.91. The van der Waals surface area contributed by atoms with Gasteiger partial charge in [-0.2, -0.15) is 0 Å². The zero-order valence-electron chi connectivity index (χ0n) is 29.5. The van der Waals surface area contributed by atoms with Gasteiger partial charge in [-0.3, -0.25) is 19.1 Å². The third-order valence-corrected chi connectivity index (χ3v) is 11.3. The van der Waals surface area contributed by atoms with E-state index in [0.717, 1.165) is 12.0 Å². The monoisotopic (exact) mass is 715 g/mol. The third kappa shape index (κ3) is 8.59. The van der Waals surface area contributed by atoms with E-state index in [-0.39, 0.29) is 31.3 Å². The number of carbonyl (C=O) groups is 5. The number of amides is 5. The standard InChI is InChI=1S/C35H49N5O9S/c1-8-21-18-35(21,30(43)39-50(46,47)23-14-15-23)38-28(41)26-16-22(48-31(44)36-25-17-24(25)20-12-10-9-11-13-20)19-40(26)29(42)27(33(2,3)4)37-32(45)49-34(5,6)7/h8-13,21-27H,1,14-19H2,2-7H3,(H,36,44)(H,37,45)(H,38,41)(H,39,43). The van der Waals surface area contributed by atoms with Crippen LogP contribution in [0.25, 0.3) is 0 Å². The third-order valence-electron chi connectivity index (χ3n) is 9.47. The van der Waals surface area contributed by atoms with E-state index < -0.39 is 85.8 Å². The number of benzene rings is 1. The number of rotatable bonds is 11. The fraction of sp³-hybridized carbons (Fsp3) is 0.629. The molecule has 50 heavy (non-hydrogen) atoms. The smallest absolute Gasteiger partial charge is 0.408 e. The molecule has 0 bridgehead atoms. The molecule has 274 valence electrons. The van der Waals surface area contributed by atoms with Crippen molar-refractivity contribution < 1.29 is 41.9 Å². The Hall–Kier alpha value is -4.14. The molecule has 0 spiro atoms. The lowest BCUT2D eigenvalue weighted by Crippen LogP contribution is -2.60. The normalized spacial score (nSPS) is 28.0. The Labute approximate surface area is 293 Å². The SMILES string of the molecule is C=CC1CC1(NC(=O)C1CC(OC(=O)NC2CC2c2ccccc2)CN1C(=O)C(NC(=O)OC(C)(C)C)C(C)(C)C)C(=O)NS(=O)(=O)C1CC1. The summed E-state index contributed by atoms with van der Waals surface area (Å²) in [7, 11) is -3.91. The molecule has 15 heteroatoms. The maximum Gasteiger partial charge on any atom is 0.408 e. The maximum absolute atomic E-state index is 14.3. The van der Waals surface area contributed by atoms with E-state index in [2.05, 4.69) is 27.3 Å². The highest BCUT2D eigenvalue weighted by atomic mass is 32.2. The van der Waals surface area contributed by atoms with Gasteiger partial charge in [-0.15, -0.1) is 6.58 Å². The number of nitrogens with zero attached hydrogens (tertiary/aromatic N) is 1. The Balaban J connectivity index is 1.34. The van der Waals surface area contributed by atoms with Crippen molar-refractivity contribution in [3.63, 3.8) is 0 Å². The van der Waals surface area contributed by atoms with Crippen LogP contribution >= 0.6 is 0 Å². The highest BCUT2D eigenvalue weighted by Crippen LogP contribution is 2.46. The minimum atomic E-state index is -3.91. The number of carbonyl (C=O) groups excluding carboxylic acids is 5. The van der Waals surface area contributed by atoms with Gasteiger partial charge in [0.05, 0.1) is 11.8 Å².